The van der Waals surface area contributed by atoms with Crippen LogP contribution in [-0.2, 0) is 0 Å². The molecule has 5 rings (SSSR count). The Hall–Kier alpha value is -3.36. The molecule has 0 N–H and O–H groups in total. The van der Waals surface area contributed by atoms with Gasteiger partial charge in [0.25, 0.3) is 0 Å². The molecule has 4 aromatic rings. The van der Waals surface area contributed by atoms with Crippen LogP contribution in [0.1, 0.15) is 48.3 Å². The monoisotopic (exact) mass is 563 g/mol. The first-order valence-electron chi connectivity index (χ1n) is 13.2. The van der Waals surface area contributed by atoms with E-state index in [4.69, 9.17) is 9.47 Å². The van der Waals surface area contributed by atoms with Crippen molar-refractivity contribution in [3.05, 3.63) is 65.2 Å². The van der Waals surface area contributed by atoms with Crippen molar-refractivity contribution in [2.75, 3.05) is 14.2 Å². The van der Waals surface area contributed by atoms with Gasteiger partial charge in [-0.3, -0.25) is 0 Å². The molecule has 0 saturated heterocycles. The second kappa shape index (κ2) is 10.2. The van der Waals surface area contributed by atoms with Gasteiger partial charge in [0, 0.05) is 22.9 Å². The Bertz CT molecular complexity index is 1490. The summed E-state index contributed by atoms with van der Waals surface area (Å²) in [6, 6.07) is 15.4. The van der Waals surface area contributed by atoms with E-state index in [1.54, 1.807) is 14.2 Å². The first-order chi connectivity index (χ1) is 18.8. The quantitative estimate of drug-likeness (QED) is 0.226. The zero-order valence-corrected chi connectivity index (χ0v) is 22.7. The fraction of sp³-hybridized carbons (Fsp3) is 0.419. The molecule has 9 heteroatoms. The van der Waals surface area contributed by atoms with E-state index in [-0.39, 0.29) is 25.2 Å². The maximum absolute atomic E-state index is 13.6. The summed E-state index contributed by atoms with van der Waals surface area (Å²) >= 11 is 0. The molecule has 3 atom stereocenters. The van der Waals surface area contributed by atoms with Gasteiger partial charge in [0.2, 0.25) is 0 Å². The van der Waals surface area contributed by atoms with Crippen molar-refractivity contribution < 1.29 is 35.8 Å². The van der Waals surface area contributed by atoms with Gasteiger partial charge >= 0.3 is 12.4 Å². The van der Waals surface area contributed by atoms with Crippen LogP contribution in [0.2, 0.25) is 0 Å². The highest BCUT2D eigenvalue weighted by molar-refractivity contribution is 6.10. The lowest BCUT2D eigenvalue weighted by Gasteiger charge is -2.38. The summed E-state index contributed by atoms with van der Waals surface area (Å²) in [4.78, 5) is 0. The Morgan fingerprint density at radius 3 is 1.85 bits per heavy atom. The largest absolute Gasteiger partial charge is 0.497 e. The number of methoxy groups -OCH3 is 2. The molecule has 1 aromatic heterocycles. The third-order valence-electron chi connectivity index (χ3n) is 8.56. The zero-order chi connectivity index (χ0) is 29.0. The number of nitrogens with zero attached hydrogens (tertiary/aromatic N) is 1. The average molecular weight is 564 g/mol. The van der Waals surface area contributed by atoms with Crippen LogP contribution in [0.25, 0.3) is 27.5 Å². The molecule has 1 fully saturated rings. The minimum absolute atomic E-state index is 0.141. The van der Waals surface area contributed by atoms with Crippen molar-refractivity contribution in [1.82, 2.24) is 4.57 Å². The maximum atomic E-state index is 13.6. The molecule has 0 aliphatic heterocycles. The molecular weight excluding hydrogens is 532 g/mol. The summed E-state index contributed by atoms with van der Waals surface area (Å²) in [5.41, 5.74) is 5.40. The van der Waals surface area contributed by atoms with Crippen LogP contribution in [0.4, 0.5) is 26.3 Å². The smallest absolute Gasteiger partial charge is 0.392 e. The minimum atomic E-state index is -4.65. The summed E-state index contributed by atoms with van der Waals surface area (Å²) < 4.78 is 93.6. The van der Waals surface area contributed by atoms with Gasteiger partial charge in [0.05, 0.1) is 31.2 Å². The lowest BCUT2D eigenvalue weighted by molar-refractivity contribution is -0.216. The van der Waals surface area contributed by atoms with Crippen LogP contribution >= 0.6 is 0 Å². The predicted octanol–water partition coefficient (Wildman–Crippen LogP) is 9.43. The van der Waals surface area contributed by atoms with E-state index in [2.05, 4.69) is 4.57 Å². The van der Waals surface area contributed by atoms with Gasteiger partial charge in [-0.25, -0.2) is 0 Å². The van der Waals surface area contributed by atoms with E-state index >= 15 is 0 Å². The summed E-state index contributed by atoms with van der Waals surface area (Å²) in [6.07, 6.45) is -10.9. The average Bonchev–Trinajstić information content (AvgIpc) is 3.21. The van der Waals surface area contributed by atoms with Crippen LogP contribution in [0.15, 0.2) is 48.5 Å². The number of rotatable bonds is 5. The third kappa shape index (κ3) is 5.10. The molecule has 1 heterocycles. The van der Waals surface area contributed by atoms with Crippen molar-refractivity contribution in [2.24, 2.45) is 11.8 Å². The highest BCUT2D eigenvalue weighted by atomic mass is 19.4. The maximum Gasteiger partial charge on any atom is 0.392 e. The van der Waals surface area contributed by atoms with E-state index in [1.165, 1.54) is 0 Å². The lowest BCUT2D eigenvalue weighted by Crippen LogP contribution is -2.37. The Balaban J connectivity index is 1.59. The van der Waals surface area contributed by atoms with E-state index in [0.717, 1.165) is 44.2 Å². The summed E-state index contributed by atoms with van der Waals surface area (Å²) in [5, 5.41) is 1.93. The van der Waals surface area contributed by atoms with Crippen LogP contribution in [-0.4, -0.2) is 31.1 Å². The normalized spacial score (nSPS) is 20.3. The third-order valence-corrected chi connectivity index (χ3v) is 8.56. The number of hydrogen-bond donors (Lipinski definition) is 0. The standard InChI is InChI=1S/C31H31F6NO2/c1-17-18(2)27(12-8-23(17)19-5-9-26(31(35,36)37)20(13-19)16-30(32,33)34)38-28-10-6-21(39-3)14-24(28)25-15-22(40-4)7-11-29(25)38/h6-8,10-12,14-15,19-20,26H,5,9,13,16H2,1-4H3. The molecule has 0 amide bonds. The van der Waals surface area contributed by atoms with E-state index in [1.807, 2.05) is 62.4 Å². The van der Waals surface area contributed by atoms with Crippen molar-refractivity contribution in [1.29, 1.82) is 0 Å². The molecule has 1 aliphatic carbocycles. The molecule has 0 bridgehead atoms. The number of alkyl halides is 6. The summed E-state index contributed by atoms with van der Waals surface area (Å²) in [5.74, 6) is -2.37. The van der Waals surface area contributed by atoms with Gasteiger partial charge in [0.15, 0.2) is 0 Å². The molecule has 0 radical (unpaired) electrons. The molecule has 214 valence electrons. The Morgan fingerprint density at radius 1 is 0.775 bits per heavy atom. The van der Waals surface area contributed by atoms with Gasteiger partial charge in [-0.1, -0.05) is 6.07 Å². The Kier molecular flexibility index (Phi) is 7.21. The van der Waals surface area contributed by atoms with E-state index in [9.17, 15) is 26.3 Å². The first kappa shape index (κ1) is 28.2. The highest BCUT2D eigenvalue weighted by Crippen LogP contribution is 2.50. The minimum Gasteiger partial charge on any atom is -0.497 e. The number of fused-ring (bicyclic) bond motifs is 3. The van der Waals surface area contributed by atoms with Gasteiger partial charge in [0.1, 0.15) is 11.5 Å². The highest BCUT2D eigenvalue weighted by Gasteiger charge is 2.50. The zero-order valence-electron chi connectivity index (χ0n) is 22.7. The fourth-order valence-electron chi connectivity index (χ4n) is 6.51. The fourth-order valence-corrected chi connectivity index (χ4v) is 6.51. The molecule has 40 heavy (non-hydrogen) atoms. The van der Waals surface area contributed by atoms with E-state index < -0.39 is 30.6 Å². The van der Waals surface area contributed by atoms with Crippen molar-refractivity contribution >= 4 is 21.8 Å². The second-order valence-corrected chi connectivity index (χ2v) is 10.8. The predicted molar refractivity (Wildman–Crippen MR) is 144 cm³/mol. The number of hydrogen-bond acceptors (Lipinski definition) is 2. The number of benzene rings is 3. The van der Waals surface area contributed by atoms with Gasteiger partial charge < -0.3 is 14.0 Å². The van der Waals surface area contributed by atoms with Crippen LogP contribution in [0, 0.1) is 25.7 Å². The molecule has 1 aliphatic rings. The number of halogens is 6. The van der Waals surface area contributed by atoms with E-state index in [0.29, 0.717) is 11.5 Å². The molecule has 1 saturated carbocycles. The topological polar surface area (TPSA) is 23.4 Å². The molecule has 3 nitrogen and oxygen atoms in total. The SMILES string of the molecule is COc1ccc2c(c1)c1cc(OC)ccc1n2-c1ccc(C2CCC(C(F)(F)F)C(CC(F)(F)F)C2)c(C)c1C. The lowest BCUT2D eigenvalue weighted by atomic mass is 9.69. The van der Waals surface area contributed by atoms with Gasteiger partial charge in [-0.15, -0.1) is 0 Å². The van der Waals surface area contributed by atoms with Crippen LogP contribution < -0.4 is 9.47 Å². The Labute approximate surface area is 228 Å². The van der Waals surface area contributed by atoms with Gasteiger partial charge in [-0.05, 0) is 104 Å². The summed E-state index contributed by atoms with van der Waals surface area (Å²) in [6.45, 7) is 3.86. The van der Waals surface area contributed by atoms with Crippen molar-refractivity contribution in [3.63, 3.8) is 0 Å². The molecule has 3 aromatic carbocycles. The molecule has 0 spiro atoms. The van der Waals surface area contributed by atoms with Crippen molar-refractivity contribution in [3.8, 4) is 17.2 Å². The molecular formula is C31H31F6NO2. The number of aromatic nitrogens is 1. The van der Waals surface area contributed by atoms with Crippen LogP contribution in [0.5, 0.6) is 11.5 Å². The number of ether oxygens (including phenoxy) is 2. The first-order valence-corrected chi connectivity index (χ1v) is 13.2. The van der Waals surface area contributed by atoms with Crippen LogP contribution in [0.3, 0.4) is 0 Å². The van der Waals surface area contributed by atoms with Crippen molar-refractivity contribution in [2.45, 2.75) is 57.8 Å². The second-order valence-electron chi connectivity index (χ2n) is 10.8. The Morgan fingerprint density at radius 2 is 1.35 bits per heavy atom. The summed E-state index contributed by atoms with van der Waals surface area (Å²) in [7, 11) is 3.21. The molecule has 3 unspecified atom stereocenters. The van der Waals surface area contributed by atoms with Gasteiger partial charge in [-0.2, -0.15) is 26.3 Å².